The Morgan fingerprint density at radius 3 is 2.64 bits per heavy atom. The zero-order chi connectivity index (χ0) is 15.4. The summed E-state index contributed by atoms with van der Waals surface area (Å²) in [7, 11) is 0. The second-order valence-electron chi connectivity index (χ2n) is 5.54. The molecule has 1 saturated heterocycles. The summed E-state index contributed by atoms with van der Waals surface area (Å²) in [4.78, 5) is 14.4. The molecule has 2 atom stereocenters. The van der Waals surface area contributed by atoms with Crippen molar-refractivity contribution >= 4 is 47.2 Å². The molecule has 1 fully saturated rings. The van der Waals surface area contributed by atoms with Gasteiger partial charge in [-0.3, -0.25) is 9.69 Å². The van der Waals surface area contributed by atoms with E-state index in [4.69, 9.17) is 28.9 Å². The lowest BCUT2D eigenvalue weighted by atomic mass is 9.97. The molecule has 22 heavy (non-hydrogen) atoms. The van der Waals surface area contributed by atoms with Crippen LogP contribution in [-0.2, 0) is 4.79 Å². The van der Waals surface area contributed by atoms with E-state index < -0.39 is 0 Å². The molecule has 1 aromatic carbocycles. The molecule has 2 rings (SSSR count). The van der Waals surface area contributed by atoms with Gasteiger partial charge in [0.2, 0.25) is 5.91 Å². The SMILES string of the molecule is CC(N)C1CCCCN1CC(=O)Nc1c(Cl)cccc1Cl.Cl. The molecule has 1 heterocycles. The molecule has 0 saturated carbocycles. The van der Waals surface area contributed by atoms with E-state index in [1.165, 1.54) is 6.42 Å². The second kappa shape index (κ2) is 8.94. The molecule has 0 bridgehead atoms. The van der Waals surface area contributed by atoms with Gasteiger partial charge < -0.3 is 11.1 Å². The van der Waals surface area contributed by atoms with E-state index in [1.807, 2.05) is 6.92 Å². The molecule has 1 aliphatic rings. The molecule has 0 aliphatic carbocycles. The third-order valence-corrected chi connectivity index (χ3v) is 4.47. The minimum absolute atomic E-state index is 0. The average molecular weight is 367 g/mol. The summed E-state index contributed by atoms with van der Waals surface area (Å²) in [5.41, 5.74) is 6.49. The van der Waals surface area contributed by atoms with Crippen molar-refractivity contribution in [2.75, 3.05) is 18.4 Å². The summed E-state index contributed by atoms with van der Waals surface area (Å²) in [5, 5.41) is 3.69. The van der Waals surface area contributed by atoms with Crippen LogP contribution < -0.4 is 11.1 Å². The molecule has 2 unspecified atom stereocenters. The van der Waals surface area contributed by atoms with E-state index >= 15 is 0 Å². The number of amides is 1. The van der Waals surface area contributed by atoms with E-state index in [0.717, 1.165) is 19.4 Å². The van der Waals surface area contributed by atoms with Crippen LogP contribution >= 0.6 is 35.6 Å². The highest BCUT2D eigenvalue weighted by atomic mass is 35.5. The van der Waals surface area contributed by atoms with Crippen molar-refractivity contribution in [2.24, 2.45) is 5.73 Å². The van der Waals surface area contributed by atoms with Crippen LogP contribution in [0.2, 0.25) is 10.0 Å². The maximum atomic E-state index is 12.2. The number of hydrogen-bond donors (Lipinski definition) is 2. The Kier molecular flexibility index (Phi) is 7.94. The maximum Gasteiger partial charge on any atom is 0.238 e. The number of halogens is 3. The maximum absolute atomic E-state index is 12.2. The van der Waals surface area contributed by atoms with Gasteiger partial charge in [-0.2, -0.15) is 0 Å². The normalized spacial score (nSPS) is 20.1. The number of piperidine rings is 1. The number of para-hydroxylation sites is 1. The van der Waals surface area contributed by atoms with E-state index in [1.54, 1.807) is 18.2 Å². The standard InChI is InChI=1S/C15H21Cl2N3O.ClH/c1-10(18)13-7-2-3-8-20(13)9-14(21)19-15-11(16)5-4-6-12(15)17;/h4-6,10,13H,2-3,7-9,18H2,1H3,(H,19,21);1H. The molecule has 1 aromatic rings. The fourth-order valence-electron chi connectivity index (χ4n) is 2.79. The van der Waals surface area contributed by atoms with Crippen LogP contribution in [0.4, 0.5) is 5.69 Å². The molecular formula is C15H22Cl3N3O. The van der Waals surface area contributed by atoms with Crippen LogP contribution in [0.1, 0.15) is 26.2 Å². The smallest absolute Gasteiger partial charge is 0.238 e. The quantitative estimate of drug-likeness (QED) is 0.856. The predicted molar refractivity (Wildman–Crippen MR) is 95.2 cm³/mol. The van der Waals surface area contributed by atoms with Gasteiger partial charge in [-0.15, -0.1) is 12.4 Å². The third-order valence-electron chi connectivity index (χ3n) is 3.85. The summed E-state index contributed by atoms with van der Waals surface area (Å²) in [6.45, 7) is 3.20. The molecule has 4 nitrogen and oxygen atoms in total. The lowest BCUT2D eigenvalue weighted by molar-refractivity contribution is -0.118. The van der Waals surface area contributed by atoms with Crippen molar-refractivity contribution in [3.63, 3.8) is 0 Å². The first-order valence-electron chi connectivity index (χ1n) is 7.22. The number of hydrogen-bond acceptors (Lipinski definition) is 3. The number of benzene rings is 1. The molecule has 7 heteroatoms. The fraction of sp³-hybridized carbons (Fsp3) is 0.533. The zero-order valence-electron chi connectivity index (χ0n) is 12.5. The van der Waals surface area contributed by atoms with Gasteiger partial charge in [0.1, 0.15) is 0 Å². The van der Waals surface area contributed by atoms with Crippen molar-refractivity contribution in [2.45, 2.75) is 38.3 Å². The van der Waals surface area contributed by atoms with Crippen molar-refractivity contribution in [3.05, 3.63) is 28.2 Å². The second-order valence-corrected chi connectivity index (χ2v) is 6.35. The molecular weight excluding hydrogens is 345 g/mol. The summed E-state index contributed by atoms with van der Waals surface area (Å²) in [6, 6.07) is 5.47. The number of anilines is 1. The Labute approximate surface area is 147 Å². The van der Waals surface area contributed by atoms with E-state index in [9.17, 15) is 4.79 Å². The van der Waals surface area contributed by atoms with Crippen molar-refractivity contribution in [1.82, 2.24) is 4.90 Å². The first-order chi connectivity index (χ1) is 9.99. The number of rotatable bonds is 4. The number of likely N-dealkylation sites (tertiary alicyclic amines) is 1. The van der Waals surface area contributed by atoms with Crippen molar-refractivity contribution in [3.8, 4) is 0 Å². The fourth-order valence-corrected chi connectivity index (χ4v) is 3.28. The van der Waals surface area contributed by atoms with E-state index in [2.05, 4.69) is 10.2 Å². The highest BCUT2D eigenvalue weighted by molar-refractivity contribution is 6.39. The molecule has 1 aliphatic heterocycles. The molecule has 0 aromatic heterocycles. The summed E-state index contributed by atoms with van der Waals surface area (Å²) in [5.74, 6) is -0.113. The topological polar surface area (TPSA) is 58.4 Å². The first-order valence-corrected chi connectivity index (χ1v) is 7.98. The van der Waals surface area contributed by atoms with Crippen LogP contribution in [0.15, 0.2) is 18.2 Å². The number of nitrogens with one attached hydrogen (secondary N) is 1. The largest absolute Gasteiger partial charge is 0.327 e. The summed E-state index contributed by atoms with van der Waals surface area (Å²) >= 11 is 12.1. The highest BCUT2D eigenvalue weighted by Crippen LogP contribution is 2.29. The molecule has 1 amide bonds. The Balaban J connectivity index is 0.00000242. The monoisotopic (exact) mass is 365 g/mol. The highest BCUT2D eigenvalue weighted by Gasteiger charge is 2.27. The minimum atomic E-state index is -0.113. The third kappa shape index (κ3) is 5.00. The Morgan fingerprint density at radius 2 is 2.05 bits per heavy atom. The molecule has 124 valence electrons. The Bertz CT molecular complexity index is 491. The van der Waals surface area contributed by atoms with Gasteiger partial charge in [-0.25, -0.2) is 0 Å². The minimum Gasteiger partial charge on any atom is -0.327 e. The van der Waals surface area contributed by atoms with Crippen LogP contribution in [0.25, 0.3) is 0 Å². The van der Waals surface area contributed by atoms with Crippen LogP contribution in [0, 0.1) is 0 Å². The molecule has 3 N–H and O–H groups in total. The number of carbonyl (C=O) groups excluding carboxylic acids is 1. The van der Waals surface area contributed by atoms with Gasteiger partial charge in [0, 0.05) is 12.1 Å². The van der Waals surface area contributed by atoms with Gasteiger partial charge >= 0.3 is 0 Å². The van der Waals surface area contributed by atoms with Gasteiger partial charge in [-0.05, 0) is 38.4 Å². The van der Waals surface area contributed by atoms with Gasteiger partial charge in [0.25, 0.3) is 0 Å². The molecule has 0 spiro atoms. The van der Waals surface area contributed by atoms with Gasteiger partial charge in [-0.1, -0.05) is 35.7 Å². The summed E-state index contributed by atoms with van der Waals surface area (Å²) in [6.07, 6.45) is 3.31. The van der Waals surface area contributed by atoms with Crippen molar-refractivity contribution in [1.29, 1.82) is 0 Å². The Morgan fingerprint density at radius 1 is 1.41 bits per heavy atom. The first kappa shape index (κ1) is 19.5. The lowest BCUT2D eigenvalue weighted by Crippen LogP contribution is -2.51. The van der Waals surface area contributed by atoms with Crippen molar-refractivity contribution < 1.29 is 4.79 Å². The summed E-state index contributed by atoms with van der Waals surface area (Å²) < 4.78 is 0. The predicted octanol–water partition coefficient (Wildman–Crippen LogP) is 3.56. The van der Waals surface area contributed by atoms with E-state index in [-0.39, 0.29) is 30.4 Å². The molecule has 0 radical (unpaired) electrons. The van der Waals surface area contributed by atoms with E-state index in [0.29, 0.717) is 22.3 Å². The number of carbonyl (C=O) groups is 1. The Hall–Kier alpha value is -0.520. The van der Waals surface area contributed by atoms with Gasteiger partial charge in [0.05, 0.1) is 22.3 Å². The van der Waals surface area contributed by atoms with Crippen LogP contribution in [-0.4, -0.2) is 36.0 Å². The lowest BCUT2D eigenvalue weighted by Gasteiger charge is -2.37. The van der Waals surface area contributed by atoms with Crippen LogP contribution in [0.3, 0.4) is 0 Å². The number of nitrogens with two attached hydrogens (primary N) is 1. The van der Waals surface area contributed by atoms with Crippen LogP contribution in [0.5, 0.6) is 0 Å². The van der Waals surface area contributed by atoms with Gasteiger partial charge in [0.15, 0.2) is 0 Å². The average Bonchev–Trinajstić information content (AvgIpc) is 2.43. The number of nitrogens with zero attached hydrogens (tertiary/aromatic N) is 1. The zero-order valence-corrected chi connectivity index (χ0v) is 14.8.